The van der Waals surface area contributed by atoms with Gasteiger partial charge in [-0.1, -0.05) is 6.08 Å². The van der Waals surface area contributed by atoms with Crippen molar-refractivity contribution in [3.05, 3.63) is 12.7 Å². The first-order valence-corrected chi connectivity index (χ1v) is 4.83. The van der Waals surface area contributed by atoms with Crippen molar-refractivity contribution in [3.8, 4) is 0 Å². The molecule has 0 saturated carbocycles. The van der Waals surface area contributed by atoms with Crippen molar-refractivity contribution in [2.24, 2.45) is 5.92 Å². The fraction of sp³-hybridized carbons (Fsp3) is 0.800. The van der Waals surface area contributed by atoms with E-state index in [0.29, 0.717) is 0 Å². The molecule has 1 atom stereocenters. The second-order valence-electron chi connectivity index (χ2n) is 3.70. The SMILES string of the molecule is C=CCCNCC1CCN(C)C1. The van der Waals surface area contributed by atoms with E-state index in [-0.39, 0.29) is 0 Å². The molecule has 2 nitrogen and oxygen atoms in total. The van der Waals surface area contributed by atoms with Gasteiger partial charge in [0.05, 0.1) is 0 Å². The zero-order valence-electron chi connectivity index (χ0n) is 8.05. The third-order valence-corrected chi connectivity index (χ3v) is 2.45. The lowest BCUT2D eigenvalue weighted by molar-refractivity contribution is 0.389. The predicted molar refractivity (Wildman–Crippen MR) is 53.3 cm³/mol. The highest BCUT2D eigenvalue weighted by atomic mass is 15.1. The lowest BCUT2D eigenvalue weighted by atomic mass is 10.1. The second-order valence-corrected chi connectivity index (χ2v) is 3.70. The fourth-order valence-electron chi connectivity index (χ4n) is 1.70. The molecule has 1 rings (SSSR count). The maximum absolute atomic E-state index is 3.69. The van der Waals surface area contributed by atoms with Crippen LogP contribution in [0.5, 0.6) is 0 Å². The fourth-order valence-corrected chi connectivity index (χ4v) is 1.70. The maximum Gasteiger partial charge on any atom is 0.00192 e. The van der Waals surface area contributed by atoms with Crippen molar-refractivity contribution < 1.29 is 0 Å². The molecule has 70 valence electrons. The highest BCUT2D eigenvalue weighted by Crippen LogP contribution is 2.12. The summed E-state index contributed by atoms with van der Waals surface area (Å²) in [5.41, 5.74) is 0. The highest BCUT2D eigenvalue weighted by molar-refractivity contribution is 4.75. The smallest absolute Gasteiger partial charge is 0.00192 e. The van der Waals surface area contributed by atoms with E-state index >= 15 is 0 Å². The summed E-state index contributed by atoms with van der Waals surface area (Å²) in [5.74, 6) is 0.875. The third kappa shape index (κ3) is 3.37. The molecule has 1 heterocycles. The van der Waals surface area contributed by atoms with E-state index in [2.05, 4.69) is 23.8 Å². The largest absolute Gasteiger partial charge is 0.316 e. The molecule has 1 aliphatic rings. The quantitative estimate of drug-likeness (QED) is 0.488. The summed E-state index contributed by atoms with van der Waals surface area (Å²) >= 11 is 0. The number of hydrogen-bond acceptors (Lipinski definition) is 2. The Labute approximate surface area is 75.6 Å². The van der Waals surface area contributed by atoms with Gasteiger partial charge in [0.2, 0.25) is 0 Å². The van der Waals surface area contributed by atoms with Gasteiger partial charge < -0.3 is 10.2 Å². The minimum absolute atomic E-state index is 0.875. The third-order valence-electron chi connectivity index (χ3n) is 2.45. The highest BCUT2D eigenvalue weighted by Gasteiger charge is 2.18. The molecule has 1 N–H and O–H groups in total. The van der Waals surface area contributed by atoms with Gasteiger partial charge in [-0.3, -0.25) is 0 Å². The van der Waals surface area contributed by atoms with E-state index in [4.69, 9.17) is 0 Å². The van der Waals surface area contributed by atoms with Crippen molar-refractivity contribution in [2.75, 3.05) is 33.2 Å². The van der Waals surface area contributed by atoms with Gasteiger partial charge in [-0.25, -0.2) is 0 Å². The first kappa shape index (κ1) is 9.75. The number of rotatable bonds is 5. The number of nitrogens with zero attached hydrogens (tertiary/aromatic N) is 1. The monoisotopic (exact) mass is 168 g/mol. The Morgan fingerprint density at radius 1 is 1.67 bits per heavy atom. The van der Waals surface area contributed by atoms with Crippen LogP contribution in [0.4, 0.5) is 0 Å². The normalized spacial score (nSPS) is 24.6. The Hall–Kier alpha value is -0.340. The van der Waals surface area contributed by atoms with E-state index < -0.39 is 0 Å². The van der Waals surface area contributed by atoms with Gasteiger partial charge in [-0.15, -0.1) is 6.58 Å². The standard InChI is InChI=1S/C10H20N2/c1-3-4-6-11-8-10-5-7-12(2)9-10/h3,10-11H,1,4-9H2,2H3. The summed E-state index contributed by atoms with van der Waals surface area (Å²) in [6.45, 7) is 8.50. The van der Waals surface area contributed by atoms with Crippen molar-refractivity contribution >= 4 is 0 Å². The summed E-state index contributed by atoms with van der Waals surface area (Å²) in [6, 6.07) is 0. The predicted octanol–water partition coefficient (Wildman–Crippen LogP) is 1.10. The Bertz CT molecular complexity index is 134. The molecule has 0 aromatic carbocycles. The lowest BCUT2D eigenvalue weighted by Crippen LogP contribution is -2.25. The van der Waals surface area contributed by atoms with Crippen LogP contribution >= 0.6 is 0 Å². The summed E-state index contributed by atoms with van der Waals surface area (Å²) in [5, 5.41) is 3.45. The second kappa shape index (κ2) is 5.33. The van der Waals surface area contributed by atoms with Gasteiger partial charge in [0.1, 0.15) is 0 Å². The van der Waals surface area contributed by atoms with Crippen molar-refractivity contribution in [3.63, 3.8) is 0 Å². The van der Waals surface area contributed by atoms with Gasteiger partial charge >= 0.3 is 0 Å². The van der Waals surface area contributed by atoms with Crippen LogP contribution in [0.15, 0.2) is 12.7 Å². The number of nitrogens with one attached hydrogen (secondary N) is 1. The molecule has 1 fully saturated rings. The zero-order valence-corrected chi connectivity index (χ0v) is 8.05. The Morgan fingerprint density at radius 2 is 2.50 bits per heavy atom. The zero-order chi connectivity index (χ0) is 8.81. The maximum atomic E-state index is 3.69. The van der Waals surface area contributed by atoms with Gasteiger partial charge in [0, 0.05) is 6.54 Å². The van der Waals surface area contributed by atoms with Gasteiger partial charge in [0.15, 0.2) is 0 Å². The summed E-state index contributed by atoms with van der Waals surface area (Å²) in [7, 11) is 2.20. The molecule has 1 saturated heterocycles. The molecule has 0 spiro atoms. The van der Waals surface area contributed by atoms with Gasteiger partial charge in [-0.2, -0.15) is 0 Å². The molecule has 0 radical (unpaired) electrons. The van der Waals surface area contributed by atoms with Crippen molar-refractivity contribution in [2.45, 2.75) is 12.8 Å². The van der Waals surface area contributed by atoms with E-state index in [1.165, 1.54) is 26.1 Å². The summed E-state index contributed by atoms with van der Waals surface area (Å²) in [4.78, 5) is 2.40. The minimum atomic E-state index is 0.875. The molecule has 0 bridgehead atoms. The Kier molecular flexibility index (Phi) is 4.33. The molecular weight excluding hydrogens is 148 g/mol. The van der Waals surface area contributed by atoms with E-state index in [9.17, 15) is 0 Å². The van der Waals surface area contributed by atoms with Crippen molar-refractivity contribution in [1.82, 2.24) is 10.2 Å². The van der Waals surface area contributed by atoms with Crippen LogP contribution in [0.1, 0.15) is 12.8 Å². The topological polar surface area (TPSA) is 15.3 Å². The van der Waals surface area contributed by atoms with Crippen LogP contribution in [0, 0.1) is 5.92 Å². The van der Waals surface area contributed by atoms with E-state index in [1.807, 2.05) is 6.08 Å². The van der Waals surface area contributed by atoms with Crippen molar-refractivity contribution in [1.29, 1.82) is 0 Å². The van der Waals surface area contributed by atoms with Crippen LogP contribution in [0.25, 0.3) is 0 Å². The molecule has 1 unspecified atom stereocenters. The molecule has 0 amide bonds. The Morgan fingerprint density at radius 3 is 3.08 bits per heavy atom. The van der Waals surface area contributed by atoms with E-state index in [1.54, 1.807) is 0 Å². The molecule has 12 heavy (non-hydrogen) atoms. The Balaban J connectivity index is 1.96. The first-order chi connectivity index (χ1) is 5.83. The number of likely N-dealkylation sites (tertiary alicyclic amines) is 1. The number of hydrogen-bond donors (Lipinski definition) is 1. The van der Waals surface area contributed by atoms with Gasteiger partial charge in [0.25, 0.3) is 0 Å². The van der Waals surface area contributed by atoms with Crippen LogP contribution < -0.4 is 5.32 Å². The molecule has 0 aromatic rings. The molecule has 0 aliphatic carbocycles. The summed E-state index contributed by atoms with van der Waals surface area (Å²) in [6.07, 6.45) is 4.41. The van der Waals surface area contributed by atoms with Crippen LogP contribution in [-0.2, 0) is 0 Å². The van der Waals surface area contributed by atoms with Crippen LogP contribution in [0.2, 0.25) is 0 Å². The van der Waals surface area contributed by atoms with E-state index in [0.717, 1.165) is 18.9 Å². The van der Waals surface area contributed by atoms with Gasteiger partial charge in [-0.05, 0) is 45.4 Å². The van der Waals surface area contributed by atoms with Crippen LogP contribution in [-0.4, -0.2) is 38.1 Å². The molecule has 0 aromatic heterocycles. The molecule has 2 heteroatoms. The van der Waals surface area contributed by atoms with Crippen LogP contribution in [0.3, 0.4) is 0 Å². The summed E-state index contributed by atoms with van der Waals surface area (Å²) < 4.78 is 0. The lowest BCUT2D eigenvalue weighted by Gasteiger charge is -2.10. The first-order valence-electron chi connectivity index (χ1n) is 4.83. The molecular formula is C10H20N2. The minimum Gasteiger partial charge on any atom is -0.316 e. The average molecular weight is 168 g/mol. The average Bonchev–Trinajstić information content (AvgIpc) is 2.45. The molecule has 1 aliphatic heterocycles.